The van der Waals surface area contributed by atoms with Crippen molar-refractivity contribution in [1.29, 1.82) is 0 Å². The van der Waals surface area contributed by atoms with Crippen molar-refractivity contribution in [1.82, 2.24) is 5.32 Å². The molecule has 1 aliphatic heterocycles. The Labute approximate surface area is 111 Å². The van der Waals surface area contributed by atoms with E-state index in [2.05, 4.69) is 10.6 Å². The smallest absolute Gasteiger partial charge is 0.248 e. The molecule has 1 heterocycles. The number of carbonyl (C=O) groups excluding carboxylic acids is 2. The minimum absolute atomic E-state index is 0.0353. The monoisotopic (exact) mass is 263 g/mol. The molecular weight excluding hydrogens is 246 g/mol. The quantitative estimate of drug-likeness (QED) is 0.718. The van der Waals surface area contributed by atoms with Crippen LogP contribution in [0, 0.1) is 0 Å². The lowest BCUT2D eigenvalue weighted by Crippen LogP contribution is -2.43. The lowest BCUT2D eigenvalue weighted by molar-refractivity contribution is -0.117. The number of benzene rings is 1. The van der Waals surface area contributed by atoms with Crippen LogP contribution in [0.5, 0.6) is 0 Å². The molecule has 2 amide bonds. The zero-order valence-electron chi connectivity index (χ0n) is 10.5. The second-order valence-electron chi connectivity index (χ2n) is 4.42. The highest BCUT2D eigenvalue weighted by Gasteiger charge is 2.16. The minimum atomic E-state index is -0.515. The first kappa shape index (κ1) is 13.5. The average molecular weight is 263 g/mol. The molecule has 1 fully saturated rings. The van der Waals surface area contributed by atoms with Gasteiger partial charge in [-0.1, -0.05) is 6.07 Å². The predicted molar refractivity (Wildman–Crippen MR) is 70.8 cm³/mol. The number of morpholine rings is 1. The summed E-state index contributed by atoms with van der Waals surface area (Å²) in [6, 6.07) is 6.60. The van der Waals surface area contributed by atoms with E-state index in [1.54, 1.807) is 24.3 Å². The molecule has 1 aromatic carbocycles. The fourth-order valence-corrected chi connectivity index (χ4v) is 1.94. The first-order valence-corrected chi connectivity index (χ1v) is 6.16. The third-order valence-corrected chi connectivity index (χ3v) is 2.86. The van der Waals surface area contributed by atoms with Gasteiger partial charge in [0.05, 0.1) is 13.2 Å². The molecule has 1 aliphatic rings. The molecule has 1 saturated heterocycles. The van der Waals surface area contributed by atoms with Crippen LogP contribution in [-0.4, -0.2) is 37.6 Å². The van der Waals surface area contributed by atoms with Gasteiger partial charge in [0, 0.05) is 30.3 Å². The summed E-state index contributed by atoms with van der Waals surface area (Å²) in [4.78, 5) is 22.9. The Hall–Kier alpha value is -1.92. The van der Waals surface area contributed by atoms with E-state index in [9.17, 15) is 9.59 Å². The lowest BCUT2D eigenvalue weighted by atomic mass is 10.1. The molecule has 0 saturated carbocycles. The van der Waals surface area contributed by atoms with E-state index >= 15 is 0 Å². The van der Waals surface area contributed by atoms with E-state index in [-0.39, 0.29) is 11.9 Å². The first-order chi connectivity index (χ1) is 9.15. The van der Waals surface area contributed by atoms with Gasteiger partial charge in [-0.05, 0) is 18.2 Å². The number of rotatable bonds is 4. The van der Waals surface area contributed by atoms with Crippen LogP contribution in [0.25, 0.3) is 0 Å². The number of primary amides is 1. The van der Waals surface area contributed by atoms with Crippen LogP contribution in [0.2, 0.25) is 0 Å². The summed E-state index contributed by atoms with van der Waals surface area (Å²) in [6.07, 6.45) is 0.334. The van der Waals surface area contributed by atoms with E-state index in [1.807, 2.05) is 0 Å². The second kappa shape index (κ2) is 6.31. The molecule has 6 nitrogen and oxygen atoms in total. The fraction of sp³-hybridized carbons (Fsp3) is 0.385. The molecule has 1 aromatic rings. The summed E-state index contributed by atoms with van der Waals surface area (Å²) < 4.78 is 5.28. The Morgan fingerprint density at radius 3 is 3.00 bits per heavy atom. The van der Waals surface area contributed by atoms with Crippen molar-refractivity contribution in [3.05, 3.63) is 29.8 Å². The van der Waals surface area contributed by atoms with Gasteiger partial charge < -0.3 is 21.1 Å². The lowest BCUT2D eigenvalue weighted by Gasteiger charge is -2.23. The maximum absolute atomic E-state index is 11.8. The highest BCUT2D eigenvalue weighted by molar-refractivity contribution is 5.96. The van der Waals surface area contributed by atoms with Gasteiger partial charge in [0.15, 0.2) is 0 Å². The number of amides is 2. The van der Waals surface area contributed by atoms with Crippen LogP contribution in [0.1, 0.15) is 16.8 Å². The minimum Gasteiger partial charge on any atom is -0.378 e. The van der Waals surface area contributed by atoms with Gasteiger partial charge in [0.2, 0.25) is 11.8 Å². The van der Waals surface area contributed by atoms with Crippen LogP contribution in [-0.2, 0) is 9.53 Å². The normalized spacial score (nSPS) is 18.8. The standard InChI is InChI=1S/C13H17N3O3/c14-13(18)9-2-1-3-10(6-9)16-12(17)7-11-8-19-5-4-15-11/h1-3,6,11,15H,4-5,7-8H2,(H2,14,18)(H,16,17). The molecule has 1 atom stereocenters. The summed E-state index contributed by atoms with van der Waals surface area (Å²) in [6.45, 7) is 1.97. The molecule has 2 rings (SSSR count). The number of hydrogen-bond acceptors (Lipinski definition) is 4. The topological polar surface area (TPSA) is 93.5 Å². The van der Waals surface area contributed by atoms with Crippen molar-refractivity contribution >= 4 is 17.5 Å². The third-order valence-electron chi connectivity index (χ3n) is 2.86. The summed E-state index contributed by atoms with van der Waals surface area (Å²) in [5, 5.41) is 5.95. The average Bonchev–Trinajstić information content (AvgIpc) is 2.40. The van der Waals surface area contributed by atoms with Crippen molar-refractivity contribution in [2.75, 3.05) is 25.1 Å². The number of carbonyl (C=O) groups is 2. The molecule has 0 radical (unpaired) electrons. The SMILES string of the molecule is NC(=O)c1cccc(NC(=O)CC2COCCN2)c1. The number of nitrogens with one attached hydrogen (secondary N) is 2. The summed E-state index contributed by atoms with van der Waals surface area (Å²) in [7, 11) is 0. The second-order valence-corrected chi connectivity index (χ2v) is 4.42. The molecule has 0 spiro atoms. The van der Waals surface area contributed by atoms with E-state index < -0.39 is 5.91 Å². The molecular formula is C13H17N3O3. The van der Waals surface area contributed by atoms with Crippen molar-refractivity contribution in [3.63, 3.8) is 0 Å². The molecule has 19 heavy (non-hydrogen) atoms. The Morgan fingerprint density at radius 2 is 2.32 bits per heavy atom. The van der Waals surface area contributed by atoms with Gasteiger partial charge in [-0.2, -0.15) is 0 Å². The Balaban J connectivity index is 1.90. The van der Waals surface area contributed by atoms with Crippen LogP contribution in [0.15, 0.2) is 24.3 Å². The molecule has 102 valence electrons. The van der Waals surface area contributed by atoms with Crippen molar-refractivity contribution in [2.24, 2.45) is 5.73 Å². The predicted octanol–water partition coefficient (Wildman–Crippen LogP) is 0.102. The molecule has 4 N–H and O–H groups in total. The van der Waals surface area contributed by atoms with Crippen LogP contribution in [0.4, 0.5) is 5.69 Å². The molecule has 0 aliphatic carbocycles. The zero-order valence-corrected chi connectivity index (χ0v) is 10.5. The molecule has 1 unspecified atom stereocenters. The Bertz CT molecular complexity index is 470. The van der Waals surface area contributed by atoms with E-state index in [0.717, 1.165) is 6.54 Å². The molecule has 0 aromatic heterocycles. The van der Waals surface area contributed by atoms with E-state index in [0.29, 0.717) is 30.9 Å². The van der Waals surface area contributed by atoms with Crippen molar-refractivity contribution in [3.8, 4) is 0 Å². The van der Waals surface area contributed by atoms with Crippen molar-refractivity contribution in [2.45, 2.75) is 12.5 Å². The van der Waals surface area contributed by atoms with Crippen LogP contribution in [0.3, 0.4) is 0 Å². The molecule has 6 heteroatoms. The first-order valence-electron chi connectivity index (χ1n) is 6.16. The van der Waals surface area contributed by atoms with Gasteiger partial charge in [0.25, 0.3) is 0 Å². The van der Waals surface area contributed by atoms with E-state index in [1.165, 1.54) is 0 Å². The van der Waals surface area contributed by atoms with Crippen LogP contribution >= 0.6 is 0 Å². The number of ether oxygens (including phenoxy) is 1. The van der Waals surface area contributed by atoms with Gasteiger partial charge in [0.1, 0.15) is 0 Å². The largest absolute Gasteiger partial charge is 0.378 e. The number of anilines is 1. The van der Waals surface area contributed by atoms with Gasteiger partial charge in [-0.25, -0.2) is 0 Å². The zero-order chi connectivity index (χ0) is 13.7. The number of hydrogen-bond donors (Lipinski definition) is 3. The Morgan fingerprint density at radius 1 is 1.47 bits per heavy atom. The van der Waals surface area contributed by atoms with Crippen molar-refractivity contribution < 1.29 is 14.3 Å². The van der Waals surface area contributed by atoms with E-state index in [4.69, 9.17) is 10.5 Å². The fourth-order valence-electron chi connectivity index (χ4n) is 1.94. The maximum atomic E-state index is 11.8. The van der Waals surface area contributed by atoms with Gasteiger partial charge >= 0.3 is 0 Å². The third kappa shape index (κ3) is 4.04. The summed E-state index contributed by atoms with van der Waals surface area (Å²) >= 11 is 0. The highest BCUT2D eigenvalue weighted by atomic mass is 16.5. The summed E-state index contributed by atoms with van der Waals surface area (Å²) in [5.41, 5.74) is 6.12. The number of nitrogens with two attached hydrogens (primary N) is 1. The highest BCUT2D eigenvalue weighted by Crippen LogP contribution is 2.11. The maximum Gasteiger partial charge on any atom is 0.248 e. The van der Waals surface area contributed by atoms with Gasteiger partial charge in [-0.15, -0.1) is 0 Å². The summed E-state index contributed by atoms with van der Waals surface area (Å²) in [5.74, 6) is -0.636. The van der Waals surface area contributed by atoms with Gasteiger partial charge in [-0.3, -0.25) is 9.59 Å². The van der Waals surface area contributed by atoms with Crippen LogP contribution < -0.4 is 16.4 Å². The Kier molecular flexibility index (Phi) is 4.48. The molecule has 0 bridgehead atoms.